The van der Waals surface area contributed by atoms with Gasteiger partial charge in [-0.15, -0.1) is 0 Å². The first-order chi connectivity index (χ1) is 7.53. The van der Waals surface area contributed by atoms with Gasteiger partial charge in [0.15, 0.2) is 0 Å². The third-order valence-electron chi connectivity index (χ3n) is 3.85. The largest absolute Gasteiger partial charge is 0.385 e. The van der Waals surface area contributed by atoms with Gasteiger partial charge < -0.3 is 10.1 Å². The Kier molecular flexibility index (Phi) is 5.77. The van der Waals surface area contributed by atoms with Gasteiger partial charge in [-0.3, -0.25) is 0 Å². The van der Waals surface area contributed by atoms with Crippen molar-refractivity contribution in [2.24, 2.45) is 5.41 Å². The highest BCUT2D eigenvalue weighted by molar-refractivity contribution is 4.80. The van der Waals surface area contributed by atoms with Crippen molar-refractivity contribution < 1.29 is 4.74 Å². The van der Waals surface area contributed by atoms with E-state index in [2.05, 4.69) is 26.1 Å². The molecule has 0 aromatic heterocycles. The SMILES string of the molecule is COCCC(C)NC1CCCC(C)(C)CC1. The quantitative estimate of drug-likeness (QED) is 0.727. The Hall–Kier alpha value is -0.0800. The minimum atomic E-state index is 0.562. The molecule has 0 aromatic carbocycles. The smallest absolute Gasteiger partial charge is 0.0476 e. The highest BCUT2D eigenvalue weighted by atomic mass is 16.5. The normalized spacial score (nSPS) is 27.4. The summed E-state index contributed by atoms with van der Waals surface area (Å²) in [5.41, 5.74) is 0.562. The van der Waals surface area contributed by atoms with E-state index in [1.807, 2.05) is 0 Å². The number of methoxy groups -OCH3 is 1. The molecule has 2 heteroatoms. The van der Waals surface area contributed by atoms with E-state index in [9.17, 15) is 0 Å². The first-order valence-corrected chi connectivity index (χ1v) is 6.78. The Labute approximate surface area is 101 Å². The van der Waals surface area contributed by atoms with Gasteiger partial charge in [0.05, 0.1) is 0 Å². The third kappa shape index (κ3) is 5.31. The molecule has 16 heavy (non-hydrogen) atoms. The van der Waals surface area contributed by atoms with E-state index in [-0.39, 0.29) is 0 Å². The van der Waals surface area contributed by atoms with Crippen LogP contribution in [0, 0.1) is 5.41 Å². The standard InChI is InChI=1S/C14H29NO/c1-12(8-11-16-4)15-13-6-5-9-14(2,3)10-7-13/h12-13,15H,5-11H2,1-4H3. The van der Waals surface area contributed by atoms with Crippen LogP contribution in [0.3, 0.4) is 0 Å². The first-order valence-electron chi connectivity index (χ1n) is 6.78. The zero-order valence-corrected chi connectivity index (χ0v) is 11.5. The molecular formula is C14H29NO. The molecule has 1 rings (SSSR count). The lowest BCUT2D eigenvalue weighted by Gasteiger charge is -2.24. The average Bonchev–Trinajstić information content (AvgIpc) is 2.37. The molecule has 0 heterocycles. The van der Waals surface area contributed by atoms with E-state index in [1.165, 1.54) is 32.1 Å². The predicted octanol–water partition coefficient (Wildman–Crippen LogP) is 3.36. The number of nitrogens with one attached hydrogen (secondary N) is 1. The second kappa shape index (κ2) is 6.61. The number of rotatable bonds is 5. The molecule has 1 aliphatic rings. The highest BCUT2D eigenvalue weighted by Gasteiger charge is 2.24. The van der Waals surface area contributed by atoms with Crippen molar-refractivity contribution >= 4 is 0 Å². The average molecular weight is 227 g/mol. The zero-order chi connectivity index (χ0) is 12.0. The molecule has 2 unspecified atom stereocenters. The summed E-state index contributed by atoms with van der Waals surface area (Å²) in [5, 5.41) is 3.75. The fraction of sp³-hybridized carbons (Fsp3) is 1.00. The fourth-order valence-electron chi connectivity index (χ4n) is 2.61. The van der Waals surface area contributed by atoms with Gasteiger partial charge in [-0.25, -0.2) is 0 Å². The van der Waals surface area contributed by atoms with E-state index >= 15 is 0 Å². The summed E-state index contributed by atoms with van der Waals surface area (Å²) in [6, 6.07) is 1.32. The Bertz CT molecular complexity index is 191. The maximum absolute atomic E-state index is 5.12. The summed E-state index contributed by atoms with van der Waals surface area (Å²) in [5.74, 6) is 0. The summed E-state index contributed by atoms with van der Waals surface area (Å²) in [7, 11) is 1.78. The Morgan fingerprint density at radius 3 is 2.75 bits per heavy atom. The van der Waals surface area contributed by atoms with E-state index < -0.39 is 0 Å². The van der Waals surface area contributed by atoms with Crippen LogP contribution in [0.25, 0.3) is 0 Å². The van der Waals surface area contributed by atoms with Crippen molar-refractivity contribution in [1.82, 2.24) is 5.32 Å². The predicted molar refractivity (Wildman–Crippen MR) is 69.7 cm³/mol. The monoisotopic (exact) mass is 227 g/mol. The van der Waals surface area contributed by atoms with Crippen molar-refractivity contribution in [3.8, 4) is 0 Å². The molecule has 2 atom stereocenters. The van der Waals surface area contributed by atoms with E-state index in [0.717, 1.165) is 19.1 Å². The molecular weight excluding hydrogens is 198 g/mol. The first kappa shape index (κ1) is 14.0. The molecule has 0 saturated heterocycles. The van der Waals surface area contributed by atoms with E-state index in [1.54, 1.807) is 7.11 Å². The minimum absolute atomic E-state index is 0.562. The second-order valence-electron chi connectivity index (χ2n) is 6.14. The molecule has 1 fully saturated rings. The lowest BCUT2D eigenvalue weighted by atomic mass is 9.85. The van der Waals surface area contributed by atoms with Crippen molar-refractivity contribution in [3.05, 3.63) is 0 Å². The van der Waals surface area contributed by atoms with Crippen LogP contribution < -0.4 is 5.32 Å². The molecule has 0 aliphatic heterocycles. The Balaban J connectivity index is 2.26. The maximum Gasteiger partial charge on any atom is 0.0476 e. The molecule has 1 aliphatic carbocycles. The Morgan fingerprint density at radius 2 is 2.06 bits per heavy atom. The Morgan fingerprint density at radius 1 is 1.31 bits per heavy atom. The molecule has 0 aromatic rings. The number of ether oxygens (including phenoxy) is 1. The van der Waals surface area contributed by atoms with E-state index in [4.69, 9.17) is 4.74 Å². The summed E-state index contributed by atoms with van der Waals surface area (Å²) >= 11 is 0. The lowest BCUT2D eigenvalue weighted by molar-refractivity contribution is 0.181. The van der Waals surface area contributed by atoms with Gasteiger partial charge >= 0.3 is 0 Å². The molecule has 0 amide bonds. The van der Waals surface area contributed by atoms with Crippen molar-refractivity contribution in [2.45, 2.75) is 71.4 Å². The third-order valence-corrected chi connectivity index (χ3v) is 3.85. The molecule has 1 saturated carbocycles. The zero-order valence-electron chi connectivity index (χ0n) is 11.5. The topological polar surface area (TPSA) is 21.3 Å². The minimum Gasteiger partial charge on any atom is -0.385 e. The van der Waals surface area contributed by atoms with Crippen molar-refractivity contribution in [3.63, 3.8) is 0 Å². The van der Waals surface area contributed by atoms with Crippen LogP contribution in [-0.4, -0.2) is 25.8 Å². The maximum atomic E-state index is 5.12. The molecule has 1 N–H and O–H groups in total. The summed E-state index contributed by atoms with van der Waals surface area (Å²) in [6.45, 7) is 7.95. The van der Waals surface area contributed by atoms with Crippen LogP contribution in [0.4, 0.5) is 0 Å². The van der Waals surface area contributed by atoms with Gasteiger partial charge in [0.1, 0.15) is 0 Å². The van der Waals surface area contributed by atoms with Crippen molar-refractivity contribution in [2.75, 3.05) is 13.7 Å². The van der Waals surface area contributed by atoms with E-state index in [0.29, 0.717) is 11.5 Å². The molecule has 0 radical (unpaired) electrons. The van der Waals surface area contributed by atoms with Gasteiger partial charge in [-0.2, -0.15) is 0 Å². The number of hydrogen-bond donors (Lipinski definition) is 1. The van der Waals surface area contributed by atoms with Crippen LogP contribution in [0.5, 0.6) is 0 Å². The summed E-state index contributed by atoms with van der Waals surface area (Å²) < 4.78 is 5.12. The van der Waals surface area contributed by atoms with Crippen LogP contribution in [0.1, 0.15) is 59.3 Å². The van der Waals surface area contributed by atoms with Gasteiger partial charge in [0, 0.05) is 25.8 Å². The van der Waals surface area contributed by atoms with Gasteiger partial charge in [0.25, 0.3) is 0 Å². The summed E-state index contributed by atoms with van der Waals surface area (Å²) in [6.07, 6.45) is 7.93. The van der Waals surface area contributed by atoms with Gasteiger partial charge in [0.2, 0.25) is 0 Å². The van der Waals surface area contributed by atoms with Crippen molar-refractivity contribution in [1.29, 1.82) is 0 Å². The van der Waals surface area contributed by atoms with Gasteiger partial charge in [-0.05, 0) is 44.4 Å². The van der Waals surface area contributed by atoms with Crippen LogP contribution in [-0.2, 0) is 4.74 Å². The molecule has 96 valence electrons. The lowest BCUT2D eigenvalue weighted by Crippen LogP contribution is -2.37. The van der Waals surface area contributed by atoms with Gasteiger partial charge in [-0.1, -0.05) is 20.3 Å². The molecule has 2 nitrogen and oxygen atoms in total. The highest BCUT2D eigenvalue weighted by Crippen LogP contribution is 2.33. The molecule has 0 bridgehead atoms. The second-order valence-corrected chi connectivity index (χ2v) is 6.14. The van der Waals surface area contributed by atoms with Crippen LogP contribution in [0.15, 0.2) is 0 Å². The van der Waals surface area contributed by atoms with Crippen LogP contribution in [0.2, 0.25) is 0 Å². The fourth-order valence-corrected chi connectivity index (χ4v) is 2.61. The van der Waals surface area contributed by atoms with Crippen LogP contribution >= 0.6 is 0 Å². The number of hydrogen-bond acceptors (Lipinski definition) is 2. The summed E-state index contributed by atoms with van der Waals surface area (Å²) in [4.78, 5) is 0. The molecule has 0 spiro atoms.